The summed E-state index contributed by atoms with van der Waals surface area (Å²) < 4.78 is 0. The molecule has 1 saturated heterocycles. The Morgan fingerprint density at radius 1 is 1.44 bits per heavy atom. The SMILES string of the molecule is CN1CCC(CN(C)CC(=O)N(C)CCCN)C1. The van der Waals surface area contributed by atoms with E-state index in [1.165, 1.54) is 13.0 Å². The molecule has 1 rings (SSSR count). The van der Waals surface area contributed by atoms with Crippen molar-refractivity contribution in [2.75, 3.05) is 60.4 Å². The quantitative estimate of drug-likeness (QED) is 0.678. The number of hydrogen-bond donors (Lipinski definition) is 1. The van der Waals surface area contributed by atoms with Gasteiger partial charge >= 0.3 is 0 Å². The average Bonchev–Trinajstić information content (AvgIpc) is 2.71. The van der Waals surface area contributed by atoms with Gasteiger partial charge in [0.15, 0.2) is 0 Å². The first kappa shape index (κ1) is 15.4. The summed E-state index contributed by atoms with van der Waals surface area (Å²) in [5.74, 6) is 0.902. The molecule has 0 saturated carbocycles. The van der Waals surface area contributed by atoms with Gasteiger partial charge in [0.2, 0.25) is 5.91 Å². The van der Waals surface area contributed by atoms with Crippen molar-refractivity contribution >= 4 is 5.91 Å². The molecule has 18 heavy (non-hydrogen) atoms. The molecule has 0 spiro atoms. The van der Waals surface area contributed by atoms with E-state index in [9.17, 15) is 4.79 Å². The van der Waals surface area contributed by atoms with Crippen LogP contribution in [0, 0.1) is 5.92 Å². The van der Waals surface area contributed by atoms with E-state index in [4.69, 9.17) is 5.73 Å². The van der Waals surface area contributed by atoms with Gasteiger partial charge in [0.1, 0.15) is 0 Å². The molecule has 1 amide bonds. The van der Waals surface area contributed by atoms with Crippen LogP contribution in [0.2, 0.25) is 0 Å². The zero-order valence-electron chi connectivity index (χ0n) is 12.1. The van der Waals surface area contributed by atoms with Crippen molar-refractivity contribution in [2.24, 2.45) is 11.7 Å². The number of rotatable bonds is 7. The molecule has 0 aromatic rings. The Bertz CT molecular complexity index is 259. The van der Waals surface area contributed by atoms with Crippen LogP contribution >= 0.6 is 0 Å². The van der Waals surface area contributed by atoms with Crippen molar-refractivity contribution in [2.45, 2.75) is 12.8 Å². The van der Waals surface area contributed by atoms with E-state index in [2.05, 4.69) is 16.8 Å². The summed E-state index contributed by atoms with van der Waals surface area (Å²) >= 11 is 0. The molecule has 5 heteroatoms. The molecule has 1 aliphatic heterocycles. The number of hydrogen-bond acceptors (Lipinski definition) is 4. The smallest absolute Gasteiger partial charge is 0.236 e. The Labute approximate surface area is 111 Å². The minimum absolute atomic E-state index is 0.192. The minimum Gasteiger partial charge on any atom is -0.345 e. The first-order chi connectivity index (χ1) is 8.52. The Hall–Kier alpha value is -0.650. The first-order valence-corrected chi connectivity index (χ1v) is 6.84. The van der Waals surface area contributed by atoms with Crippen molar-refractivity contribution in [3.05, 3.63) is 0 Å². The maximum atomic E-state index is 11.9. The number of likely N-dealkylation sites (N-methyl/N-ethyl adjacent to an activating group) is 2. The Morgan fingerprint density at radius 2 is 2.17 bits per heavy atom. The molecular weight excluding hydrogens is 228 g/mol. The lowest BCUT2D eigenvalue weighted by molar-refractivity contribution is -0.130. The van der Waals surface area contributed by atoms with E-state index in [1.54, 1.807) is 4.90 Å². The van der Waals surface area contributed by atoms with Gasteiger partial charge in [0.05, 0.1) is 6.54 Å². The lowest BCUT2D eigenvalue weighted by Gasteiger charge is -2.23. The van der Waals surface area contributed by atoms with E-state index < -0.39 is 0 Å². The van der Waals surface area contributed by atoms with E-state index in [0.717, 1.165) is 26.1 Å². The van der Waals surface area contributed by atoms with Crippen LogP contribution in [-0.2, 0) is 4.79 Å². The summed E-state index contributed by atoms with van der Waals surface area (Å²) in [6.07, 6.45) is 2.12. The highest BCUT2D eigenvalue weighted by atomic mass is 16.2. The third-order valence-corrected chi connectivity index (χ3v) is 3.59. The number of amides is 1. The largest absolute Gasteiger partial charge is 0.345 e. The Balaban J connectivity index is 2.22. The molecule has 0 aromatic carbocycles. The third-order valence-electron chi connectivity index (χ3n) is 3.59. The third kappa shape index (κ3) is 5.33. The molecule has 1 atom stereocenters. The zero-order chi connectivity index (χ0) is 13.5. The highest BCUT2D eigenvalue weighted by Crippen LogP contribution is 2.14. The predicted molar refractivity (Wildman–Crippen MR) is 74.4 cm³/mol. The van der Waals surface area contributed by atoms with Crippen molar-refractivity contribution in [1.82, 2.24) is 14.7 Å². The fourth-order valence-electron chi connectivity index (χ4n) is 2.49. The average molecular weight is 256 g/mol. The van der Waals surface area contributed by atoms with Crippen LogP contribution in [0.3, 0.4) is 0 Å². The molecule has 1 heterocycles. The maximum Gasteiger partial charge on any atom is 0.236 e. The van der Waals surface area contributed by atoms with Gasteiger partial charge in [0, 0.05) is 26.7 Å². The van der Waals surface area contributed by atoms with Gasteiger partial charge in [0.25, 0.3) is 0 Å². The predicted octanol–water partition coefficient (Wildman–Crippen LogP) is -0.323. The van der Waals surface area contributed by atoms with Crippen molar-refractivity contribution in [1.29, 1.82) is 0 Å². The molecule has 0 radical (unpaired) electrons. The number of nitrogens with zero attached hydrogens (tertiary/aromatic N) is 3. The molecule has 1 unspecified atom stereocenters. The molecule has 5 nitrogen and oxygen atoms in total. The summed E-state index contributed by atoms with van der Waals surface area (Å²) in [7, 11) is 6.05. The van der Waals surface area contributed by atoms with Crippen LogP contribution in [0.25, 0.3) is 0 Å². The molecule has 2 N–H and O–H groups in total. The lowest BCUT2D eigenvalue weighted by Crippen LogP contribution is -2.39. The lowest BCUT2D eigenvalue weighted by atomic mass is 10.1. The van der Waals surface area contributed by atoms with E-state index >= 15 is 0 Å². The monoisotopic (exact) mass is 256 g/mol. The van der Waals surface area contributed by atoms with Crippen molar-refractivity contribution < 1.29 is 4.79 Å². The first-order valence-electron chi connectivity index (χ1n) is 6.84. The highest BCUT2D eigenvalue weighted by Gasteiger charge is 2.21. The van der Waals surface area contributed by atoms with Gasteiger partial charge in [-0.05, 0) is 45.9 Å². The number of likely N-dealkylation sites (tertiary alicyclic amines) is 1. The van der Waals surface area contributed by atoms with E-state index in [1.807, 2.05) is 14.1 Å². The van der Waals surface area contributed by atoms with E-state index in [-0.39, 0.29) is 5.91 Å². The summed E-state index contributed by atoms with van der Waals surface area (Å²) in [6.45, 7) is 5.27. The number of nitrogens with two attached hydrogens (primary N) is 1. The second-order valence-electron chi connectivity index (χ2n) is 5.57. The van der Waals surface area contributed by atoms with Gasteiger partial charge in [-0.2, -0.15) is 0 Å². The molecule has 1 fully saturated rings. The fraction of sp³-hybridized carbons (Fsp3) is 0.923. The summed E-state index contributed by atoms with van der Waals surface area (Å²) in [5, 5.41) is 0. The standard InChI is InChI=1S/C13H28N4O/c1-15-8-5-12(9-15)10-16(2)11-13(18)17(3)7-4-6-14/h12H,4-11,14H2,1-3H3. The van der Waals surface area contributed by atoms with Crippen molar-refractivity contribution in [3.63, 3.8) is 0 Å². The topological polar surface area (TPSA) is 52.8 Å². The minimum atomic E-state index is 0.192. The highest BCUT2D eigenvalue weighted by molar-refractivity contribution is 5.77. The van der Waals surface area contributed by atoms with Crippen LogP contribution < -0.4 is 5.73 Å². The zero-order valence-corrected chi connectivity index (χ0v) is 12.1. The maximum absolute atomic E-state index is 11.9. The van der Waals surface area contributed by atoms with Gasteiger partial charge in [-0.3, -0.25) is 9.69 Å². The summed E-state index contributed by atoms with van der Waals surface area (Å²) in [5.41, 5.74) is 5.45. The molecule has 0 aromatic heterocycles. The second kappa shape index (κ2) is 7.71. The van der Waals surface area contributed by atoms with Crippen LogP contribution in [0.4, 0.5) is 0 Å². The molecule has 0 aliphatic carbocycles. The second-order valence-corrected chi connectivity index (χ2v) is 5.57. The van der Waals surface area contributed by atoms with E-state index in [0.29, 0.717) is 19.0 Å². The fourth-order valence-corrected chi connectivity index (χ4v) is 2.49. The van der Waals surface area contributed by atoms with Gasteiger partial charge in [-0.25, -0.2) is 0 Å². The molecular formula is C13H28N4O. The van der Waals surface area contributed by atoms with Gasteiger partial charge in [-0.1, -0.05) is 0 Å². The summed E-state index contributed by atoms with van der Waals surface area (Å²) in [6, 6.07) is 0. The number of carbonyl (C=O) groups is 1. The molecule has 0 bridgehead atoms. The van der Waals surface area contributed by atoms with Crippen LogP contribution in [-0.4, -0.2) is 81.0 Å². The molecule has 106 valence electrons. The Kier molecular flexibility index (Phi) is 6.60. The number of carbonyl (C=O) groups excluding carboxylic acids is 1. The van der Waals surface area contributed by atoms with Crippen molar-refractivity contribution in [3.8, 4) is 0 Å². The van der Waals surface area contributed by atoms with Crippen LogP contribution in [0.1, 0.15) is 12.8 Å². The van der Waals surface area contributed by atoms with Gasteiger partial charge in [-0.15, -0.1) is 0 Å². The Morgan fingerprint density at radius 3 is 2.72 bits per heavy atom. The molecule has 1 aliphatic rings. The summed E-state index contributed by atoms with van der Waals surface area (Å²) in [4.78, 5) is 18.2. The van der Waals surface area contributed by atoms with Crippen LogP contribution in [0.5, 0.6) is 0 Å². The normalized spacial score (nSPS) is 20.6. The van der Waals surface area contributed by atoms with Gasteiger partial charge < -0.3 is 15.5 Å². The van der Waals surface area contributed by atoms with Crippen LogP contribution in [0.15, 0.2) is 0 Å².